The summed E-state index contributed by atoms with van der Waals surface area (Å²) in [5.74, 6) is -1.98. The van der Waals surface area contributed by atoms with Gasteiger partial charge in [-0.3, -0.25) is 9.59 Å². The second kappa shape index (κ2) is 6.11. The number of amides is 1. The minimum atomic E-state index is -0.880. The summed E-state index contributed by atoms with van der Waals surface area (Å²) in [4.78, 5) is 22.5. The minimum Gasteiger partial charge on any atom is -0.481 e. The maximum atomic E-state index is 11.7. The molecular weight excluding hydrogens is 208 g/mol. The normalized spacial score (nSPS) is 23.7. The molecule has 1 fully saturated rings. The molecule has 1 aliphatic rings. The van der Waals surface area contributed by atoms with Gasteiger partial charge in [0.2, 0.25) is 5.91 Å². The highest BCUT2D eigenvalue weighted by Gasteiger charge is 2.37. The molecule has 0 aromatic heterocycles. The van der Waals surface area contributed by atoms with Crippen molar-refractivity contribution in [2.24, 2.45) is 11.8 Å². The van der Waals surface area contributed by atoms with Crippen molar-refractivity contribution < 1.29 is 14.7 Å². The Bertz CT molecular complexity index is 309. The van der Waals surface area contributed by atoms with Gasteiger partial charge in [-0.25, -0.2) is 0 Å². The quantitative estimate of drug-likeness (QED) is 0.679. The number of hydrogen-bond donors (Lipinski definition) is 2. The van der Waals surface area contributed by atoms with E-state index in [9.17, 15) is 9.59 Å². The van der Waals surface area contributed by atoms with E-state index in [0.717, 1.165) is 6.42 Å². The average molecular weight is 224 g/mol. The highest BCUT2D eigenvalue weighted by atomic mass is 16.4. The number of nitrogens with one attached hydrogen (secondary N) is 1. The van der Waals surface area contributed by atoms with Crippen molar-refractivity contribution in [2.75, 3.05) is 6.54 Å². The molecule has 0 bridgehead atoms. The Hall–Kier alpha value is -1.57. The third-order valence-electron chi connectivity index (χ3n) is 2.93. The third-order valence-corrected chi connectivity index (χ3v) is 2.93. The molecule has 0 aromatic carbocycles. The van der Waals surface area contributed by atoms with Crippen molar-refractivity contribution in [1.82, 2.24) is 5.32 Å². The maximum absolute atomic E-state index is 11.7. The summed E-state index contributed by atoms with van der Waals surface area (Å²) in [7, 11) is 0. The lowest BCUT2D eigenvalue weighted by Crippen LogP contribution is -2.35. The van der Waals surface area contributed by atoms with Crippen LogP contribution in [0, 0.1) is 23.2 Å². The molecule has 1 amide bonds. The van der Waals surface area contributed by atoms with Crippen LogP contribution < -0.4 is 5.32 Å². The van der Waals surface area contributed by atoms with Crippen molar-refractivity contribution >= 4 is 11.9 Å². The number of nitrogens with zero attached hydrogens (tertiary/aromatic N) is 1. The molecule has 1 saturated carbocycles. The zero-order valence-electron chi connectivity index (χ0n) is 9.11. The number of carboxylic acids is 1. The molecule has 0 saturated heterocycles. The van der Waals surface area contributed by atoms with Crippen LogP contribution in [-0.2, 0) is 9.59 Å². The Morgan fingerprint density at radius 3 is 2.69 bits per heavy atom. The van der Waals surface area contributed by atoms with Gasteiger partial charge < -0.3 is 10.4 Å². The maximum Gasteiger partial charge on any atom is 0.307 e. The second-order valence-electron chi connectivity index (χ2n) is 4.03. The van der Waals surface area contributed by atoms with Crippen LogP contribution in [-0.4, -0.2) is 23.5 Å². The van der Waals surface area contributed by atoms with Gasteiger partial charge in [-0.15, -0.1) is 0 Å². The fourth-order valence-electron chi connectivity index (χ4n) is 2.08. The van der Waals surface area contributed by atoms with E-state index in [-0.39, 0.29) is 11.8 Å². The number of nitriles is 1. The second-order valence-corrected chi connectivity index (χ2v) is 4.03. The Labute approximate surface area is 94.4 Å². The Morgan fingerprint density at radius 2 is 2.06 bits per heavy atom. The van der Waals surface area contributed by atoms with Gasteiger partial charge in [0.05, 0.1) is 17.9 Å². The smallest absolute Gasteiger partial charge is 0.307 e. The first-order valence-electron chi connectivity index (χ1n) is 5.54. The van der Waals surface area contributed by atoms with Crippen molar-refractivity contribution in [3.8, 4) is 6.07 Å². The van der Waals surface area contributed by atoms with E-state index in [2.05, 4.69) is 5.32 Å². The first kappa shape index (κ1) is 12.5. The van der Waals surface area contributed by atoms with E-state index in [1.165, 1.54) is 0 Å². The lowest BCUT2D eigenvalue weighted by Gasteiger charge is -2.15. The number of unbranched alkanes of at least 4 members (excludes halogenated alkanes) is 1. The van der Waals surface area contributed by atoms with Crippen LogP contribution >= 0.6 is 0 Å². The Morgan fingerprint density at radius 1 is 1.38 bits per heavy atom. The van der Waals surface area contributed by atoms with E-state index in [1.54, 1.807) is 0 Å². The van der Waals surface area contributed by atoms with Gasteiger partial charge in [0, 0.05) is 13.0 Å². The van der Waals surface area contributed by atoms with Crippen molar-refractivity contribution in [1.29, 1.82) is 5.26 Å². The third kappa shape index (κ3) is 3.23. The Kier molecular flexibility index (Phi) is 4.77. The van der Waals surface area contributed by atoms with Crippen LogP contribution in [0.3, 0.4) is 0 Å². The predicted molar refractivity (Wildman–Crippen MR) is 56.3 cm³/mol. The van der Waals surface area contributed by atoms with Crippen LogP contribution in [0.15, 0.2) is 0 Å². The summed E-state index contributed by atoms with van der Waals surface area (Å²) < 4.78 is 0. The standard InChI is InChI=1S/C11H16N2O3/c12-6-1-2-7-13-10(14)8-4-3-5-9(8)11(15)16/h8-9H,1-5,7H2,(H,13,14)(H,15,16). The van der Waals surface area contributed by atoms with Gasteiger partial charge in [-0.1, -0.05) is 6.42 Å². The molecule has 1 aliphatic carbocycles. The molecule has 16 heavy (non-hydrogen) atoms. The molecule has 0 radical (unpaired) electrons. The summed E-state index contributed by atoms with van der Waals surface area (Å²) in [6, 6.07) is 1.99. The zero-order chi connectivity index (χ0) is 12.0. The molecule has 2 N–H and O–H groups in total. The van der Waals surface area contributed by atoms with E-state index in [1.807, 2.05) is 6.07 Å². The molecule has 88 valence electrons. The minimum absolute atomic E-state index is 0.178. The van der Waals surface area contributed by atoms with Crippen molar-refractivity contribution in [3.63, 3.8) is 0 Å². The monoisotopic (exact) mass is 224 g/mol. The topological polar surface area (TPSA) is 90.2 Å². The number of carboxylic acid groups (broad SMARTS) is 1. The van der Waals surface area contributed by atoms with Gasteiger partial charge in [0.1, 0.15) is 0 Å². The van der Waals surface area contributed by atoms with Crippen LogP contribution in [0.2, 0.25) is 0 Å². The number of rotatable bonds is 5. The van der Waals surface area contributed by atoms with Gasteiger partial charge in [-0.2, -0.15) is 5.26 Å². The zero-order valence-corrected chi connectivity index (χ0v) is 9.11. The van der Waals surface area contributed by atoms with Gasteiger partial charge in [0.25, 0.3) is 0 Å². The van der Waals surface area contributed by atoms with E-state index < -0.39 is 11.9 Å². The van der Waals surface area contributed by atoms with Crippen molar-refractivity contribution in [2.45, 2.75) is 32.1 Å². The van der Waals surface area contributed by atoms with Gasteiger partial charge in [-0.05, 0) is 19.3 Å². The van der Waals surface area contributed by atoms with Crippen LogP contribution in [0.25, 0.3) is 0 Å². The molecule has 2 atom stereocenters. The summed E-state index contributed by atoms with van der Waals surface area (Å²) >= 11 is 0. The number of hydrogen-bond acceptors (Lipinski definition) is 3. The van der Waals surface area contributed by atoms with Crippen LogP contribution in [0.4, 0.5) is 0 Å². The fraction of sp³-hybridized carbons (Fsp3) is 0.727. The molecule has 5 heteroatoms. The molecule has 0 heterocycles. The highest BCUT2D eigenvalue weighted by Crippen LogP contribution is 2.31. The summed E-state index contributed by atoms with van der Waals surface area (Å²) in [5.41, 5.74) is 0. The lowest BCUT2D eigenvalue weighted by molar-refractivity contribution is -0.146. The molecule has 0 spiro atoms. The highest BCUT2D eigenvalue weighted by molar-refractivity contribution is 5.85. The largest absolute Gasteiger partial charge is 0.481 e. The van der Waals surface area contributed by atoms with Crippen molar-refractivity contribution in [3.05, 3.63) is 0 Å². The number of carbonyl (C=O) groups is 2. The number of aliphatic carboxylic acids is 1. The Balaban J connectivity index is 2.36. The van der Waals surface area contributed by atoms with Crippen LogP contribution in [0.1, 0.15) is 32.1 Å². The predicted octanol–water partition coefficient (Wildman–Crippen LogP) is 0.907. The molecule has 1 rings (SSSR count). The first-order valence-corrected chi connectivity index (χ1v) is 5.54. The number of carbonyl (C=O) groups excluding carboxylic acids is 1. The van der Waals surface area contributed by atoms with E-state index in [4.69, 9.17) is 10.4 Å². The fourth-order valence-corrected chi connectivity index (χ4v) is 2.08. The molecule has 5 nitrogen and oxygen atoms in total. The summed E-state index contributed by atoms with van der Waals surface area (Å²) in [6.07, 6.45) is 3.07. The molecule has 0 aromatic rings. The molecule has 2 unspecified atom stereocenters. The molecular formula is C11H16N2O3. The van der Waals surface area contributed by atoms with Gasteiger partial charge >= 0.3 is 5.97 Å². The van der Waals surface area contributed by atoms with Gasteiger partial charge in [0.15, 0.2) is 0 Å². The SMILES string of the molecule is N#CCCCNC(=O)C1CCCC1C(=O)O. The van der Waals surface area contributed by atoms with Crippen LogP contribution in [0.5, 0.6) is 0 Å². The first-order chi connectivity index (χ1) is 7.66. The summed E-state index contributed by atoms with van der Waals surface area (Å²) in [5, 5.41) is 19.9. The lowest BCUT2D eigenvalue weighted by atomic mass is 9.95. The van der Waals surface area contributed by atoms with E-state index in [0.29, 0.717) is 32.2 Å². The molecule has 0 aliphatic heterocycles. The summed E-state index contributed by atoms with van der Waals surface area (Å²) in [6.45, 7) is 0.454. The average Bonchev–Trinajstić information content (AvgIpc) is 2.73. The van der Waals surface area contributed by atoms with E-state index >= 15 is 0 Å².